The van der Waals surface area contributed by atoms with Crippen molar-refractivity contribution in [2.45, 2.75) is 14.7 Å². The number of hydrogen-bond acceptors (Lipinski definition) is 3. The summed E-state index contributed by atoms with van der Waals surface area (Å²) in [6.07, 6.45) is 1.89. The summed E-state index contributed by atoms with van der Waals surface area (Å²) in [6, 6.07) is 5.75. The molecule has 0 radical (unpaired) electrons. The zero-order chi connectivity index (χ0) is 8.06. The highest BCUT2D eigenvalue weighted by atomic mass is 32.3. The van der Waals surface area contributed by atoms with E-state index in [1.165, 1.54) is 0 Å². The second-order valence-electron chi connectivity index (χ2n) is 2.55. The van der Waals surface area contributed by atoms with E-state index in [9.17, 15) is 4.91 Å². The topological polar surface area (TPSA) is 29.4 Å². The Morgan fingerprint density at radius 2 is 2.27 bits per heavy atom. The standard InChI is InChI=1S/C7H7NOS2/c1-11(8-9)6-4-2-3-5(10)7(6)11/h2-4,10H,1H3. The molecule has 1 aliphatic heterocycles. The molecule has 11 heavy (non-hydrogen) atoms. The summed E-state index contributed by atoms with van der Waals surface area (Å²) in [5.74, 6) is 0. The monoisotopic (exact) mass is 185 g/mol. The van der Waals surface area contributed by atoms with Crippen molar-refractivity contribution in [1.82, 2.24) is 0 Å². The Morgan fingerprint density at radius 3 is 2.82 bits per heavy atom. The van der Waals surface area contributed by atoms with E-state index in [-0.39, 0.29) is 0 Å². The molecule has 0 aromatic heterocycles. The molecule has 1 heterocycles. The number of benzene rings is 1. The van der Waals surface area contributed by atoms with E-state index in [1.807, 2.05) is 24.5 Å². The summed E-state index contributed by atoms with van der Waals surface area (Å²) in [7, 11) is -1.41. The molecule has 1 atom stereocenters. The molecular weight excluding hydrogens is 178 g/mol. The van der Waals surface area contributed by atoms with E-state index in [4.69, 9.17) is 0 Å². The van der Waals surface area contributed by atoms with Gasteiger partial charge in [0.25, 0.3) is 0 Å². The van der Waals surface area contributed by atoms with Gasteiger partial charge in [-0.3, -0.25) is 0 Å². The summed E-state index contributed by atoms with van der Waals surface area (Å²) in [4.78, 5) is 13.5. The van der Waals surface area contributed by atoms with Crippen LogP contribution in [0.15, 0.2) is 37.5 Å². The zero-order valence-corrected chi connectivity index (χ0v) is 7.65. The summed E-state index contributed by atoms with van der Waals surface area (Å²) in [5.41, 5.74) is 0. The van der Waals surface area contributed by atoms with Crippen LogP contribution in [0, 0.1) is 4.91 Å². The largest absolute Gasteiger partial charge is 0.142 e. The molecule has 1 aromatic carbocycles. The molecule has 0 amide bonds. The minimum Gasteiger partial charge on any atom is -0.142 e. The van der Waals surface area contributed by atoms with Crippen LogP contribution in [-0.2, 0) is 0 Å². The second-order valence-corrected chi connectivity index (χ2v) is 5.78. The highest BCUT2D eigenvalue weighted by Gasteiger charge is 2.44. The Balaban J connectivity index is 2.60. The van der Waals surface area contributed by atoms with Crippen LogP contribution in [0.1, 0.15) is 0 Å². The lowest BCUT2D eigenvalue weighted by molar-refractivity contribution is 1.22. The fraction of sp³-hybridized carbons (Fsp3) is 0.143. The van der Waals surface area contributed by atoms with E-state index >= 15 is 0 Å². The van der Waals surface area contributed by atoms with Crippen LogP contribution in [0.5, 0.6) is 0 Å². The Hall–Kier alpha value is -0.480. The third-order valence-corrected chi connectivity index (χ3v) is 4.94. The van der Waals surface area contributed by atoms with Crippen molar-refractivity contribution in [2.24, 2.45) is 4.58 Å². The van der Waals surface area contributed by atoms with Gasteiger partial charge in [0.15, 0.2) is 0 Å². The van der Waals surface area contributed by atoms with Crippen molar-refractivity contribution < 1.29 is 0 Å². The van der Waals surface area contributed by atoms with E-state index < -0.39 is 10.2 Å². The van der Waals surface area contributed by atoms with Gasteiger partial charge in [0, 0.05) is 14.7 Å². The predicted molar refractivity (Wildman–Crippen MR) is 49.5 cm³/mol. The SMILES string of the molecule is CS1(N=O)c2cccc(S)c21. The lowest BCUT2D eigenvalue weighted by Crippen LogP contribution is -1.65. The van der Waals surface area contributed by atoms with Gasteiger partial charge in [-0.05, 0) is 33.2 Å². The average Bonchev–Trinajstić information content (AvgIpc) is 2.61. The fourth-order valence-corrected chi connectivity index (χ4v) is 4.16. The first-order valence-corrected chi connectivity index (χ1v) is 5.59. The van der Waals surface area contributed by atoms with Gasteiger partial charge in [-0.2, -0.15) is 0 Å². The Labute approximate surface area is 71.8 Å². The summed E-state index contributed by atoms with van der Waals surface area (Å²) < 4.78 is 3.15. The first kappa shape index (κ1) is 7.18. The van der Waals surface area contributed by atoms with E-state index in [2.05, 4.69) is 17.2 Å². The van der Waals surface area contributed by atoms with E-state index in [0.717, 1.165) is 14.7 Å². The highest BCUT2D eigenvalue weighted by molar-refractivity contribution is 8.36. The minimum atomic E-state index is -1.41. The highest BCUT2D eigenvalue weighted by Crippen LogP contribution is 2.79. The first-order chi connectivity index (χ1) is 5.20. The number of rotatable bonds is 1. The predicted octanol–water partition coefficient (Wildman–Crippen LogP) is 2.82. The number of fused-ring (bicyclic) bond motifs is 1. The third-order valence-electron chi connectivity index (χ3n) is 1.89. The molecule has 0 saturated heterocycles. The van der Waals surface area contributed by atoms with Crippen LogP contribution in [-0.4, -0.2) is 6.26 Å². The molecule has 0 saturated carbocycles. The molecular formula is C7H7NOS2. The van der Waals surface area contributed by atoms with Crippen LogP contribution < -0.4 is 0 Å². The third kappa shape index (κ3) is 0.765. The number of thiol groups is 1. The fourth-order valence-electron chi connectivity index (χ4n) is 1.22. The van der Waals surface area contributed by atoms with E-state index in [1.54, 1.807) is 0 Å². The molecule has 0 fully saturated rings. The lowest BCUT2D eigenvalue weighted by Gasteiger charge is -1.99. The number of nitroso groups, excluding NO2 is 1. The van der Waals surface area contributed by atoms with Crippen molar-refractivity contribution in [3.05, 3.63) is 23.1 Å². The maximum Gasteiger partial charge on any atom is 0.0436 e. The molecule has 0 N–H and O–H groups in total. The maximum atomic E-state index is 10.5. The Kier molecular flexibility index (Phi) is 1.32. The van der Waals surface area contributed by atoms with Crippen LogP contribution in [0.2, 0.25) is 0 Å². The van der Waals surface area contributed by atoms with Crippen LogP contribution in [0.4, 0.5) is 0 Å². The molecule has 0 bridgehead atoms. The molecule has 1 aliphatic rings. The van der Waals surface area contributed by atoms with Crippen molar-refractivity contribution in [3.8, 4) is 0 Å². The van der Waals surface area contributed by atoms with Crippen molar-refractivity contribution in [1.29, 1.82) is 0 Å². The number of nitrogens with zero attached hydrogens (tertiary/aromatic N) is 1. The lowest BCUT2D eigenvalue weighted by atomic mass is 10.4. The van der Waals surface area contributed by atoms with Crippen molar-refractivity contribution >= 4 is 22.8 Å². The first-order valence-electron chi connectivity index (χ1n) is 3.15. The smallest absolute Gasteiger partial charge is 0.0436 e. The molecule has 1 unspecified atom stereocenters. The van der Waals surface area contributed by atoms with Gasteiger partial charge in [0.2, 0.25) is 0 Å². The quantitative estimate of drug-likeness (QED) is 0.407. The van der Waals surface area contributed by atoms with Crippen molar-refractivity contribution in [3.63, 3.8) is 0 Å². The van der Waals surface area contributed by atoms with Gasteiger partial charge in [-0.25, -0.2) is 0 Å². The molecule has 58 valence electrons. The maximum absolute atomic E-state index is 10.5. The molecule has 0 aliphatic carbocycles. The normalized spacial score (nSPS) is 31.8. The summed E-state index contributed by atoms with van der Waals surface area (Å²) >= 11 is 4.24. The molecule has 2 nitrogen and oxygen atoms in total. The van der Waals surface area contributed by atoms with Gasteiger partial charge in [0.05, 0.1) is 0 Å². The Morgan fingerprint density at radius 1 is 1.55 bits per heavy atom. The van der Waals surface area contributed by atoms with Gasteiger partial charge >= 0.3 is 0 Å². The minimum absolute atomic E-state index is 0.902. The summed E-state index contributed by atoms with van der Waals surface area (Å²) in [6.45, 7) is 0. The van der Waals surface area contributed by atoms with Gasteiger partial charge < -0.3 is 0 Å². The number of hydrogen-bond donors (Lipinski definition) is 1. The second kappa shape index (κ2) is 2.01. The Bertz CT molecular complexity index is 339. The molecule has 1 aromatic rings. The van der Waals surface area contributed by atoms with E-state index in [0.29, 0.717) is 0 Å². The average molecular weight is 185 g/mol. The van der Waals surface area contributed by atoms with Gasteiger partial charge in [-0.15, -0.1) is 17.5 Å². The van der Waals surface area contributed by atoms with Crippen LogP contribution in [0.3, 0.4) is 0 Å². The molecule has 0 spiro atoms. The molecule has 4 heteroatoms. The molecule has 2 rings (SSSR count). The van der Waals surface area contributed by atoms with Crippen LogP contribution in [0.25, 0.3) is 0 Å². The van der Waals surface area contributed by atoms with Crippen LogP contribution >= 0.6 is 22.8 Å². The zero-order valence-electron chi connectivity index (χ0n) is 5.94. The summed E-state index contributed by atoms with van der Waals surface area (Å²) in [5, 5.41) is 0. The van der Waals surface area contributed by atoms with Gasteiger partial charge in [-0.1, -0.05) is 6.07 Å². The van der Waals surface area contributed by atoms with Crippen molar-refractivity contribution in [2.75, 3.05) is 6.26 Å². The van der Waals surface area contributed by atoms with Gasteiger partial charge in [0.1, 0.15) is 0 Å².